The van der Waals surface area contributed by atoms with Crippen LogP contribution in [0.15, 0.2) is 42.7 Å². The quantitative estimate of drug-likeness (QED) is 0.873. The number of hydrogen-bond donors (Lipinski definition) is 2. The Balaban J connectivity index is 1.83. The van der Waals surface area contributed by atoms with E-state index in [0.717, 1.165) is 30.9 Å². The third-order valence-electron chi connectivity index (χ3n) is 3.34. The van der Waals surface area contributed by atoms with Crippen LogP contribution in [0.4, 0.5) is 5.69 Å². The first kappa shape index (κ1) is 11.9. The number of nitrogens with zero attached hydrogens (tertiary/aromatic N) is 2. The molecule has 1 aliphatic rings. The number of carbonyl (C=O) groups excluding carboxylic acids is 1. The summed E-state index contributed by atoms with van der Waals surface area (Å²) < 4.78 is 1.75. The molecule has 5 nitrogen and oxygen atoms in total. The molecule has 1 saturated heterocycles. The maximum Gasteiger partial charge on any atom is 0.228 e. The molecule has 1 aliphatic heterocycles. The Morgan fingerprint density at radius 3 is 3.00 bits per heavy atom. The van der Waals surface area contributed by atoms with Crippen LogP contribution >= 0.6 is 0 Å². The number of nitrogens with one attached hydrogen (secondary N) is 2. The molecule has 0 saturated carbocycles. The van der Waals surface area contributed by atoms with Crippen molar-refractivity contribution < 1.29 is 4.79 Å². The average molecular weight is 256 g/mol. The molecule has 1 amide bonds. The smallest absolute Gasteiger partial charge is 0.228 e. The Morgan fingerprint density at radius 1 is 1.37 bits per heavy atom. The zero-order valence-corrected chi connectivity index (χ0v) is 10.5. The summed E-state index contributed by atoms with van der Waals surface area (Å²) in [5, 5.41) is 10.4. The maximum atomic E-state index is 12.2. The van der Waals surface area contributed by atoms with Crippen molar-refractivity contribution in [1.82, 2.24) is 15.1 Å². The van der Waals surface area contributed by atoms with Gasteiger partial charge in [-0.05, 0) is 31.2 Å². The van der Waals surface area contributed by atoms with Crippen LogP contribution in [-0.2, 0) is 4.79 Å². The highest BCUT2D eigenvalue weighted by atomic mass is 16.1. The van der Waals surface area contributed by atoms with Gasteiger partial charge in [-0.1, -0.05) is 12.1 Å². The minimum Gasteiger partial charge on any atom is -0.324 e. The molecule has 1 aromatic carbocycles. The van der Waals surface area contributed by atoms with Crippen LogP contribution in [0.1, 0.15) is 6.42 Å². The Kier molecular flexibility index (Phi) is 3.29. The lowest BCUT2D eigenvalue weighted by molar-refractivity contribution is -0.119. The van der Waals surface area contributed by atoms with Crippen LogP contribution in [0.2, 0.25) is 0 Å². The van der Waals surface area contributed by atoms with Gasteiger partial charge in [0, 0.05) is 18.9 Å². The standard InChI is InChI=1S/C14H16N4O/c19-14(11-6-8-15-10-11)17-12-4-1-2-5-13(12)18-9-3-7-16-18/h1-5,7,9,11,15H,6,8,10H2,(H,17,19). The molecule has 1 fully saturated rings. The predicted molar refractivity (Wildman–Crippen MR) is 73.2 cm³/mol. The van der Waals surface area contributed by atoms with Gasteiger partial charge in [0.05, 0.1) is 17.3 Å². The second-order valence-corrected chi connectivity index (χ2v) is 4.65. The number of aromatic nitrogens is 2. The Bertz CT molecular complexity index is 559. The molecule has 0 bridgehead atoms. The molecule has 5 heteroatoms. The molecule has 2 aromatic rings. The average Bonchev–Trinajstić information content (AvgIpc) is 3.13. The number of hydrogen-bond acceptors (Lipinski definition) is 3. The van der Waals surface area contributed by atoms with Gasteiger partial charge in [-0.2, -0.15) is 5.10 Å². The fourth-order valence-corrected chi connectivity index (χ4v) is 2.30. The van der Waals surface area contributed by atoms with Crippen LogP contribution in [-0.4, -0.2) is 28.8 Å². The number of amides is 1. The van der Waals surface area contributed by atoms with Crippen molar-refractivity contribution in [2.45, 2.75) is 6.42 Å². The second kappa shape index (κ2) is 5.24. The minimum atomic E-state index is 0.0608. The summed E-state index contributed by atoms with van der Waals surface area (Å²) in [6.07, 6.45) is 4.48. The summed E-state index contributed by atoms with van der Waals surface area (Å²) in [7, 11) is 0. The topological polar surface area (TPSA) is 59.0 Å². The lowest BCUT2D eigenvalue weighted by atomic mass is 10.1. The lowest BCUT2D eigenvalue weighted by Crippen LogP contribution is -2.25. The van der Waals surface area contributed by atoms with E-state index in [-0.39, 0.29) is 11.8 Å². The van der Waals surface area contributed by atoms with Crippen molar-refractivity contribution in [2.24, 2.45) is 5.92 Å². The summed E-state index contributed by atoms with van der Waals surface area (Å²) in [4.78, 5) is 12.2. The van der Waals surface area contributed by atoms with Gasteiger partial charge in [-0.3, -0.25) is 4.79 Å². The Hall–Kier alpha value is -2.14. The lowest BCUT2D eigenvalue weighted by Gasteiger charge is -2.13. The number of rotatable bonds is 3. The number of para-hydroxylation sites is 2. The fraction of sp³-hybridized carbons (Fsp3) is 0.286. The molecule has 0 aliphatic carbocycles. The van der Waals surface area contributed by atoms with Crippen LogP contribution < -0.4 is 10.6 Å². The zero-order valence-electron chi connectivity index (χ0n) is 10.5. The molecule has 1 aromatic heterocycles. The van der Waals surface area contributed by atoms with E-state index < -0.39 is 0 Å². The first-order valence-electron chi connectivity index (χ1n) is 6.45. The SMILES string of the molecule is O=C(Nc1ccccc1-n1cccn1)C1CCNC1. The van der Waals surface area contributed by atoms with E-state index in [0.29, 0.717) is 0 Å². The molecule has 3 rings (SSSR count). The first-order valence-corrected chi connectivity index (χ1v) is 6.45. The van der Waals surface area contributed by atoms with Gasteiger partial charge in [0.15, 0.2) is 0 Å². The van der Waals surface area contributed by atoms with E-state index in [1.54, 1.807) is 10.9 Å². The molecular formula is C14H16N4O. The summed E-state index contributed by atoms with van der Waals surface area (Å²) in [6, 6.07) is 9.55. The molecule has 2 heterocycles. The van der Waals surface area contributed by atoms with E-state index in [9.17, 15) is 4.79 Å². The Morgan fingerprint density at radius 2 is 2.26 bits per heavy atom. The van der Waals surface area contributed by atoms with Gasteiger partial charge in [-0.15, -0.1) is 0 Å². The summed E-state index contributed by atoms with van der Waals surface area (Å²) in [6.45, 7) is 1.68. The number of benzene rings is 1. The van der Waals surface area contributed by atoms with Crippen molar-refractivity contribution in [3.8, 4) is 5.69 Å². The monoisotopic (exact) mass is 256 g/mol. The van der Waals surface area contributed by atoms with E-state index in [4.69, 9.17) is 0 Å². The summed E-state index contributed by atoms with van der Waals surface area (Å²) in [5.74, 6) is 0.135. The highest BCUT2D eigenvalue weighted by molar-refractivity contribution is 5.94. The summed E-state index contributed by atoms with van der Waals surface area (Å²) >= 11 is 0. The van der Waals surface area contributed by atoms with Crippen LogP contribution in [0.25, 0.3) is 5.69 Å². The number of anilines is 1. The molecule has 2 N–H and O–H groups in total. The molecule has 1 unspecified atom stereocenters. The van der Waals surface area contributed by atoms with Crippen molar-refractivity contribution in [3.05, 3.63) is 42.7 Å². The van der Waals surface area contributed by atoms with Crippen molar-refractivity contribution >= 4 is 11.6 Å². The minimum absolute atomic E-state index is 0.0608. The Labute approximate surface area is 111 Å². The van der Waals surface area contributed by atoms with Crippen LogP contribution in [0.3, 0.4) is 0 Å². The van der Waals surface area contributed by atoms with Crippen molar-refractivity contribution in [2.75, 3.05) is 18.4 Å². The van der Waals surface area contributed by atoms with Crippen LogP contribution in [0, 0.1) is 5.92 Å². The van der Waals surface area contributed by atoms with Gasteiger partial charge in [0.2, 0.25) is 5.91 Å². The molecule has 1 atom stereocenters. The molecular weight excluding hydrogens is 240 g/mol. The van der Waals surface area contributed by atoms with E-state index in [2.05, 4.69) is 15.7 Å². The fourth-order valence-electron chi connectivity index (χ4n) is 2.30. The molecule has 0 spiro atoms. The van der Waals surface area contributed by atoms with Gasteiger partial charge in [0.25, 0.3) is 0 Å². The van der Waals surface area contributed by atoms with E-state index in [1.807, 2.05) is 36.5 Å². The van der Waals surface area contributed by atoms with Crippen molar-refractivity contribution in [3.63, 3.8) is 0 Å². The third-order valence-corrected chi connectivity index (χ3v) is 3.34. The summed E-state index contributed by atoms with van der Waals surface area (Å²) in [5.41, 5.74) is 1.68. The maximum absolute atomic E-state index is 12.2. The molecule has 19 heavy (non-hydrogen) atoms. The van der Waals surface area contributed by atoms with Crippen LogP contribution in [0.5, 0.6) is 0 Å². The van der Waals surface area contributed by atoms with E-state index >= 15 is 0 Å². The highest BCUT2D eigenvalue weighted by Gasteiger charge is 2.23. The predicted octanol–water partition coefficient (Wildman–Crippen LogP) is 1.42. The number of carbonyl (C=O) groups is 1. The highest BCUT2D eigenvalue weighted by Crippen LogP contribution is 2.20. The first-order chi connectivity index (χ1) is 9.34. The van der Waals surface area contributed by atoms with Crippen molar-refractivity contribution in [1.29, 1.82) is 0 Å². The van der Waals surface area contributed by atoms with Gasteiger partial charge >= 0.3 is 0 Å². The van der Waals surface area contributed by atoms with Gasteiger partial charge < -0.3 is 10.6 Å². The zero-order chi connectivity index (χ0) is 13.1. The molecule has 0 radical (unpaired) electrons. The second-order valence-electron chi connectivity index (χ2n) is 4.65. The largest absolute Gasteiger partial charge is 0.324 e. The van der Waals surface area contributed by atoms with Gasteiger partial charge in [0.1, 0.15) is 0 Å². The third kappa shape index (κ3) is 2.51. The van der Waals surface area contributed by atoms with E-state index in [1.165, 1.54) is 0 Å². The normalized spacial score (nSPS) is 18.4. The molecule has 98 valence electrons. The van der Waals surface area contributed by atoms with Gasteiger partial charge in [-0.25, -0.2) is 4.68 Å².